The van der Waals surface area contributed by atoms with E-state index in [9.17, 15) is 9.59 Å². The molecule has 1 aromatic rings. The van der Waals surface area contributed by atoms with E-state index in [2.05, 4.69) is 15.2 Å². The van der Waals surface area contributed by atoms with Gasteiger partial charge in [0, 0.05) is 49.6 Å². The maximum atomic E-state index is 12.6. The van der Waals surface area contributed by atoms with Crippen LogP contribution in [0.3, 0.4) is 0 Å². The topological polar surface area (TPSA) is 82.5 Å². The van der Waals surface area contributed by atoms with Gasteiger partial charge in [0.15, 0.2) is 0 Å². The van der Waals surface area contributed by atoms with Crippen molar-refractivity contribution in [2.24, 2.45) is 11.8 Å². The van der Waals surface area contributed by atoms with Crippen molar-refractivity contribution in [2.45, 2.75) is 57.4 Å². The molecular weight excluding hydrogens is 330 g/mol. The van der Waals surface area contributed by atoms with Crippen molar-refractivity contribution in [1.82, 2.24) is 10.3 Å². The van der Waals surface area contributed by atoms with Crippen molar-refractivity contribution in [3.8, 4) is 0 Å². The van der Waals surface area contributed by atoms with Gasteiger partial charge in [0.25, 0.3) is 0 Å². The van der Waals surface area contributed by atoms with Gasteiger partial charge in [0.05, 0.1) is 0 Å². The Morgan fingerprint density at radius 1 is 1.08 bits per heavy atom. The predicted molar refractivity (Wildman–Crippen MR) is 99.9 cm³/mol. The normalized spacial score (nSPS) is 24.2. The smallest absolute Gasteiger partial charge is 0.303 e. The Balaban J connectivity index is 1.38. The average molecular weight is 359 g/mol. The molecule has 1 saturated heterocycles. The highest BCUT2D eigenvalue weighted by Crippen LogP contribution is 2.29. The van der Waals surface area contributed by atoms with Crippen LogP contribution in [-0.4, -0.2) is 41.1 Å². The zero-order valence-electron chi connectivity index (χ0n) is 15.3. The van der Waals surface area contributed by atoms with E-state index in [0.717, 1.165) is 58.0 Å². The van der Waals surface area contributed by atoms with Gasteiger partial charge in [0.1, 0.15) is 0 Å². The van der Waals surface area contributed by atoms with Crippen molar-refractivity contribution in [2.75, 3.05) is 18.0 Å². The maximum absolute atomic E-state index is 12.6. The Bertz CT molecular complexity index is 592. The van der Waals surface area contributed by atoms with Crippen molar-refractivity contribution in [3.05, 3.63) is 24.5 Å². The molecule has 2 N–H and O–H groups in total. The van der Waals surface area contributed by atoms with Crippen LogP contribution in [0.1, 0.15) is 51.4 Å². The number of piperidine rings is 1. The lowest BCUT2D eigenvalue weighted by molar-refractivity contribution is -0.137. The Morgan fingerprint density at radius 2 is 1.73 bits per heavy atom. The van der Waals surface area contributed by atoms with E-state index >= 15 is 0 Å². The standard InChI is InChI=1S/C20H29N3O3/c24-19(25)6-3-15-1-4-17(5-2-15)22-20(26)16-9-13-23(14-10-16)18-7-11-21-12-8-18/h7-8,11-12,15-17H,1-6,9-10,13-14H2,(H,22,26)(H,24,25). The third-order valence-corrected chi connectivity index (χ3v) is 5.85. The summed E-state index contributed by atoms with van der Waals surface area (Å²) in [5.74, 6) is 0.104. The van der Waals surface area contributed by atoms with Crippen molar-refractivity contribution in [1.29, 1.82) is 0 Å². The Kier molecular flexibility index (Phi) is 6.47. The van der Waals surface area contributed by atoms with Crippen LogP contribution in [0, 0.1) is 11.8 Å². The number of rotatable bonds is 6. The molecule has 6 nitrogen and oxygen atoms in total. The summed E-state index contributed by atoms with van der Waals surface area (Å²) in [6.45, 7) is 1.81. The highest BCUT2D eigenvalue weighted by molar-refractivity contribution is 5.79. The highest BCUT2D eigenvalue weighted by Gasteiger charge is 2.28. The van der Waals surface area contributed by atoms with Crippen LogP contribution in [0.15, 0.2) is 24.5 Å². The molecule has 0 unspecified atom stereocenters. The van der Waals surface area contributed by atoms with Crippen LogP contribution in [0.5, 0.6) is 0 Å². The van der Waals surface area contributed by atoms with Crippen LogP contribution in [0.25, 0.3) is 0 Å². The molecule has 0 aromatic carbocycles. The van der Waals surface area contributed by atoms with Gasteiger partial charge in [0.2, 0.25) is 5.91 Å². The number of pyridine rings is 1. The van der Waals surface area contributed by atoms with E-state index in [1.54, 1.807) is 12.4 Å². The van der Waals surface area contributed by atoms with Gasteiger partial charge < -0.3 is 15.3 Å². The monoisotopic (exact) mass is 359 g/mol. The molecule has 2 heterocycles. The molecule has 1 saturated carbocycles. The molecule has 1 aromatic heterocycles. The molecule has 2 aliphatic rings. The Hall–Kier alpha value is -2.11. The number of nitrogens with zero attached hydrogens (tertiary/aromatic N) is 2. The lowest BCUT2D eigenvalue weighted by Crippen LogP contribution is -2.45. The lowest BCUT2D eigenvalue weighted by Gasteiger charge is -2.34. The second-order valence-electron chi connectivity index (χ2n) is 7.63. The molecule has 0 bridgehead atoms. The van der Waals surface area contributed by atoms with Crippen molar-refractivity contribution >= 4 is 17.6 Å². The third-order valence-electron chi connectivity index (χ3n) is 5.85. The lowest BCUT2D eigenvalue weighted by atomic mass is 9.83. The largest absolute Gasteiger partial charge is 0.481 e. The first-order valence-electron chi connectivity index (χ1n) is 9.79. The second-order valence-corrected chi connectivity index (χ2v) is 7.63. The van der Waals surface area contributed by atoms with Crippen LogP contribution >= 0.6 is 0 Å². The van der Waals surface area contributed by atoms with E-state index < -0.39 is 5.97 Å². The minimum absolute atomic E-state index is 0.109. The minimum Gasteiger partial charge on any atom is -0.481 e. The van der Waals surface area contributed by atoms with E-state index in [-0.39, 0.29) is 24.3 Å². The molecule has 1 aliphatic carbocycles. The van der Waals surface area contributed by atoms with Gasteiger partial charge in [-0.25, -0.2) is 0 Å². The molecule has 0 spiro atoms. The third kappa shape index (κ3) is 5.19. The molecule has 3 rings (SSSR count). The first-order valence-corrected chi connectivity index (χ1v) is 9.79. The number of aliphatic carboxylic acids is 1. The molecule has 26 heavy (non-hydrogen) atoms. The molecule has 6 heteroatoms. The summed E-state index contributed by atoms with van der Waals surface area (Å²) < 4.78 is 0. The van der Waals surface area contributed by atoms with Gasteiger partial charge >= 0.3 is 5.97 Å². The van der Waals surface area contributed by atoms with Gasteiger partial charge in [-0.3, -0.25) is 14.6 Å². The first kappa shape index (κ1) is 18.7. The number of hydrogen-bond acceptors (Lipinski definition) is 4. The number of carbonyl (C=O) groups excluding carboxylic acids is 1. The summed E-state index contributed by atoms with van der Waals surface area (Å²) in [6, 6.07) is 4.30. The Labute approximate surface area is 155 Å². The summed E-state index contributed by atoms with van der Waals surface area (Å²) in [4.78, 5) is 29.6. The molecule has 0 atom stereocenters. The summed E-state index contributed by atoms with van der Waals surface area (Å²) in [5.41, 5.74) is 1.18. The van der Waals surface area contributed by atoms with Crippen molar-refractivity contribution < 1.29 is 14.7 Å². The van der Waals surface area contributed by atoms with Gasteiger partial charge in [-0.05, 0) is 63.0 Å². The maximum Gasteiger partial charge on any atom is 0.303 e. The van der Waals surface area contributed by atoms with Crippen LogP contribution in [0.2, 0.25) is 0 Å². The number of carboxylic acids is 1. The molecule has 1 amide bonds. The Morgan fingerprint density at radius 3 is 2.35 bits per heavy atom. The van der Waals surface area contributed by atoms with E-state index in [0.29, 0.717) is 5.92 Å². The van der Waals surface area contributed by atoms with E-state index in [4.69, 9.17) is 5.11 Å². The van der Waals surface area contributed by atoms with Crippen LogP contribution < -0.4 is 10.2 Å². The molecule has 142 valence electrons. The van der Waals surface area contributed by atoms with Crippen LogP contribution in [0.4, 0.5) is 5.69 Å². The van der Waals surface area contributed by atoms with E-state index in [1.165, 1.54) is 5.69 Å². The number of carboxylic acid groups (broad SMARTS) is 1. The highest BCUT2D eigenvalue weighted by atomic mass is 16.4. The van der Waals surface area contributed by atoms with Crippen LogP contribution in [-0.2, 0) is 9.59 Å². The number of hydrogen-bond donors (Lipinski definition) is 2. The predicted octanol–water partition coefficient (Wildman–Crippen LogP) is 2.84. The fraction of sp³-hybridized carbons (Fsp3) is 0.650. The number of aromatic nitrogens is 1. The fourth-order valence-corrected chi connectivity index (χ4v) is 4.20. The summed E-state index contributed by atoms with van der Waals surface area (Å²) in [5, 5.41) is 12.0. The van der Waals surface area contributed by atoms with Gasteiger partial charge in [-0.15, -0.1) is 0 Å². The molecule has 1 aliphatic heterocycles. The zero-order chi connectivity index (χ0) is 18.4. The number of anilines is 1. The summed E-state index contributed by atoms with van der Waals surface area (Å²) >= 11 is 0. The molecule has 0 radical (unpaired) electrons. The SMILES string of the molecule is O=C(O)CCC1CCC(NC(=O)C2CCN(c3ccncc3)CC2)CC1. The number of nitrogens with one attached hydrogen (secondary N) is 1. The average Bonchev–Trinajstić information content (AvgIpc) is 2.68. The quantitative estimate of drug-likeness (QED) is 0.816. The first-order chi connectivity index (χ1) is 12.6. The van der Waals surface area contributed by atoms with Gasteiger partial charge in [-0.1, -0.05) is 0 Å². The fourth-order valence-electron chi connectivity index (χ4n) is 4.20. The number of carbonyl (C=O) groups is 2. The number of amides is 1. The molecule has 2 fully saturated rings. The zero-order valence-corrected chi connectivity index (χ0v) is 15.3. The molecular formula is C20H29N3O3. The minimum atomic E-state index is -0.710. The summed E-state index contributed by atoms with van der Waals surface area (Å²) in [6.07, 6.45) is 10.4. The van der Waals surface area contributed by atoms with Crippen molar-refractivity contribution in [3.63, 3.8) is 0 Å². The van der Waals surface area contributed by atoms with E-state index in [1.807, 2.05) is 12.1 Å². The van der Waals surface area contributed by atoms with Gasteiger partial charge in [-0.2, -0.15) is 0 Å². The second kappa shape index (κ2) is 9.01. The summed E-state index contributed by atoms with van der Waals surface area (Å²) in [7, 11) is 0.